The summed E-state index contributed by atoms with van der Waals surface area (Å²) >= 11 is 6.08. The third kappa shape index (κ3) is 2.11. The molecule has 3 nitrogen and oxygen atoms in total. The Labute approximate surface area is 110 Å². The quantitative estimate of drug-likeness (QED) is 0.926. The lowest BCUT2D eigenvalue weighted by Gasteiger charge is -2.12. The minimum absolute atomic E-state index is 0.475. The summed E-state index contributed by atoms with van der Waals surface area (Å²) in [5.74, 6) is 0.877. The van der Waals surface area contributed by atoms with Gasteiger partial charge in [-0.3, -0.25) is 0 Å². The van der Waals surface area contributed by atoms with E-state index in [4.69, 9.17) is 20.8 Å². The third-order valence-electron chi connectivity index (χ3n) is 3.17. The van der Waals surface area contributed by atoms with Gasteiger partial charge in [-0.1, -0.05) is 11.6 Å². The Kier molecular flexibility index (Phi) is 3.02. The van der Waals surface area contributed by atoms with Crippen LogP contribution in [0.4, 0.5) is 0 Å². The highest BCUT2D eigenvalue weighted by Crippen LogP contribution is 2.35. The van der Waals surface area contributed by atoms with Crippen LogP contribution in [-0.4, -0.2) is 11.7 Å². The minimum Gasteiger partial charge on any atom is -0.493 e. The first-order valence-corrected chi connectivity index (χ1v) is 6.26. The van der Waals surface area contributed by atoms with Crippen molar-refractivity contribution in [1.29, 1.82) is 0 Å². The van der Waals surface area contributed by atoms with Crippen LogP contribution < -0.4 is 4.74 Å². The second-order valence-electron chi connectivity index (χ2n) is 4.43. The number of hydrogen-bond acceptors (Lipinski definition) is 3. The molecule has 1 aromatic heterocycles. The second-order valence-corrected chi connectivity index (χ2v) is 4.86. The van der Waals surface area contributed by atoms with E-state index < -0.39 is 6.10 Å². The van der Waals surface area contributed by atoms with E-state index in [2.05, 4.69) is 0 Å². The van der Waals surface area contributed by atoms with E-state index >= 15 is 0 Å². The van der Waals surface area contributed by atoms with Crippen LogP contribution in [0.3, 0.4) is 0 Å². The molecule has 18 heavy (non-hydrogen) atoms. The van der Waals surface area contributed by atoms with Crippen molar-refractivity contribution in [2.75, 3.05) is 6.61 Å². The van der Waals surface area contributed by atoms with Crippen molar-refractivity contribution in [3.63, 3.8) is 0 Å². The van der Waals surface area contributed by atoms with E-state index in [1.54, 1.807) is 18.6 Å². The van der Waals surface area contributed by atoms with Gasteiger partial charge in [0.2, 0.25) is 0 Å². The van der Waals surface area contributed by atoms with Gasteiger partial charge in [-0.2, -0.15) is 0 Å². The topological polar surface area (TPSA) is 42.6 Å². The summed E-state index contributed by atoms with van der Waals surface area (Å²) in [6, 6.07) is 5.54. The molecule has 2 aromatic rings. The Bertz CT molecular complexity index is 548. The van der Waals surface area contributed by atoms with Gasteiger partial charge in [0.1, 0.15) is 5.75 Å². The van der Waals surface area contributed by atoms with Crippen molar-refractivity contribution < 1.29 is 14.3 Å². The summed E-state index contributed by atoms with van der Waals surface area (Å²) < 4.78 is 10.6. The number of rotatable bonds is 3. The molecule has 4 heteroatoms. The molecule has 0 saturated carbocycles. The number of benzene rings is 1. The van der Waals surface area contributed by atoms with Crippen molar-refractivity contribution in [2.45, 2.75) is 18.9 Å². The largest absolute Gasteiger partial charge is 0.493 e. The smallest absolute Gasteiger partial charge is 0.126 e. The van der Waals surface area contributed by atoms with Crippen molar-refractivity contribution >= 4 is 11.6 Å². The Morgan fingerprint density at radius 2 is 2.28 bits per heavy atom. The van der Waals surface area contributed by atoms with Crippen molar-refractivity contribution in [1.82, 2.24) is 0 Å². The third-order valence-corrected chi connectivity index (χ3v) is 3.38. The first kappa shape index (κ1) is 11.6. The Morgan fingerprint density at radius 3 is 3.06 bits per heavy atom. The van der Waals surface area contributed by atoms with Gasteiger partial charge in [0, 0.05) is 23.4 Å². The van der Waals surface area contributed by atoms with E-state index in [1.165, 1.54) is 0 Å². The first-order valence-electron chi connectivity index (χ1n) is 5.88. The van der Waals surface area contributed by atoms with Crippen molar-refractivity contribution in [2.24, 2.45) is 0 Å². The van der Waals surface area contributed by atoms with Crippen LogP contribution in [0.5, 0.6) is 5.75 Å². The van der Waals surface area contributed by atoms with Crippen LogP contribution in [-0.2, 0) is 12.8 Å². The molecule has 3 rings (SSSR count). The van der Waals surface area contributed by atoms with Gasteiger partial charge in [0.15, 0.2) is 0 Å². The zero-order chi connectivity index (χ0) is 12.5. The molecule has 1 aliphatic rings. The zero-order valence-electron chi connectivity index (χ0n) is 9.73. The van der Waals surface area contributed by atoms with E-state index in [0.29, 0.717) is 18.1 Å². The Morgan fingerprint density at radius 1 is 1.39 bits per heavy atom. The monoisotopic (exact) mass is 264 g/mol. The minimum atomic E-state index is -0.601. The predicted molar refractivity (Wildman–Crippen MR) is 68.0 cm³/mol. The van der Waals surface area contributed by atoms with Crippen LogP contribution >= 0.6 is 11.6 Å². The van der Waals surface area contributed by atoms with Crippen molar-refractivity contribution in [3.05, 3.63) is 52.4 Å². The molecule has 94 valence electrons. The molecule has 0 saturated heterocycles. The highest BCUT2D eigenvalue weighted by molar-refractivity contribution is 6.30. The number of halogens is 1. The lowest BCUT2D eigenvalue weighted by atomic mass is 10.0. The molecular formula is C14H13ClO3. The van der Waals surface area contributed by atoms with Crippen molar-refractivity contribution in [3.8, 4) is 5.75 Å². The Balaban J connectivity index is 1.89. The zero-order valence-corrected chi connectivity index (χ0v) is 10.5. The molecule has 0 bridgehead atoms. The van der Waals surface area contributed by atoms with E-state index in [0.717, 1.165) is 28.9 Å². The summed E-state index contributed by atoms with van der Waals surface area (Å²) in [4.78, 5) is 0. The van der Waals surface area contributed by atoms with Gasteiger partial charge >= 0.3 is 0 Å². The SMILES string of the molecule is OC(Cc1cc(Cl)cc2c1OCC2)c1ccoc1. The molecule has 1 atom stereocenters. The van der Waals surface area contributed by atoms with Crippen LogP contribution in [0.15, 0.2) is 35.1 Å². The number of aliphatic hydroxyl groups is 1. The molecule has 1 N–H and O–H groups in total. The summed E-state index contributed by atoms with van der Waals surface area (Å²) in [6.45, 7) is 0.685. The van der Waals surface area contributed by atoms with Crippen LogP contribution in [0.1, 0.15) is 22.8 Å². The number of fused-ring (bicyclic) bond motifs is 1. The van der Waals surface area contributed by atoms with Gasteiger partial charge in [-0.05, 0) is 29.3 Å². The molecule has 1 aliphatic heterocycles. The maximum Gasteiger partial charge on any atom is 0.126 e. The van der Waals surface area contributed by atoms with E-state index in [-0.39, 0.29) is 0 Å². The van der Waals surface area contributed by atoms with Gasteiger partial charge in [0.05, 0.1) is 25.2 Å². The summed E-state index contributed by atoms with van der Waals surface area (Å²) in [6.07, 6.45) is 3.86. The van der Waals surface area contributed by atoms with Crippen LogP contribution in [0, 0.1) is 0 Å². The van der Waals surface area contributed by atoms with Crippen LogP contribution in [0.2, 0.25) is 5.02 Å². The van der Waals surface area contributed by atoms with E-state index in [9.17, 15) is 5.11 Å². The number of furan rings is 1. The standard InChI is InChI=1S/C14H13ClO3/c15-12-5-9-2-4-18-14(9)11(6-12)7-13(16)10-1-3-17-8-10/h1,3,5-6,8,13,16H,2,4,7H2. The number of ether oxygens (including phenoxy) is 1. The fraction of sp³-hybridized carbons (Fsp3) is 0.286. The number of hydrogen-bond donors (Lipinski definition) is 1. The van der Waals surface area contributed by atoms with Gasteiger partial charge in [-0.25, -0.2) is 0 Å². The fourth-order valence-electron chi connectivity index (χ4n) is 2.29. The Hall–Kier alpha value is -1.45. The second kappa shape index (κ2) is 4.67. The summed E-state index contributed by atoms with van der Waals surface area (Å²) in [7, 11) is 0. The number of aliphatic hydroxyl groups excluding tert-OH is 1. The highest BCUT2D eigenvalue weighted by Gasteiger charge is 2.20. The van der Waals surface area contributed by atoms with Crippen LogP contribution in [0.25, 0.3) is 0 Å². The lowest BCUT2D eigenvalue weighted by Crippen LogP contribution is -2.02. The maximum absolute atomic E-state index is 10.1. The van der Waals surface area contributed by atoms with Gasteiger partial charge in [-0.15, -0.1) is 0 Å². The predicted octanol–water partition coefficient (Wildman–Crippen LogP) is 3.14. The fourth-order valence-corrected chi connectivity index (χ4v) is 2.55. The molecule has 0 fully saturated rings. The highest BCUT2D eigenvalue weighted by atomic mass is 35.5. The summed E-state index contributed by atoms with van der Waals surface area (Å²) in [5.41, 5.74) is 2.84. The molecule has 0 radical (unpaired) electrons. The molecule has 2 heterocycles. The lowest BCUT2D eigenvalue weighted by molar-refractivity contribution is 0.176. The molecular weight excluding hydrogens is 252 g/mol. The molecule has 1 unspecified atom stereocenters. The van der Waals surface area contributed by atoms with Gasteiger partial charge < -0.3 is 14.3 Å². The molecule has 1 aromatic carbocycles. The maximum atomic E-state index is 10.1. The van der Waals surface area contributed by atoms with E-state index in [1.807, 2.05) is 12.1 Å². The average Bonchev–Trinajstić information content (AvgIpc) is 2.98. The average molecular weight is 265 g/mol. The molecule has 0 amide bonds. The molecule has 0 spiro atoms. The summed E-state index contributed by atoms with van der Waals surface area (Å²) in [5, 5.41) is 10.8. The van der Waals surface area contributed by atoms with Gasteiger partial charge in [0.25, 0.3) is 0 Å². The molecule has 0 aliphatic carbocycles. The first-order chi connectivity index (χ1) is 8.74. The normalized spacial score (nSPS) is 15.2.